The molecule has 1 rings (SSSR count). The molecule has 1 aliphatic rings. The van der Waals surface area contributed by atoms with Crippen LogP contribution in [0.2, 0.25) is 5.82 Å². The summed E-state index contributed by atoms with van der Waals surface area (Å²) < 4.78 is 0. The molecule has 0 aromatic rings. The second-order valence-electron chi connectivity index (χ2n) is 1.95. The van der Waals surface area contributed by atoms with Crippen molar-refractivity contribution in [2.75, 3.05) is 0 Å². The zero-order valence-corrected chi connectivity index (χ0v) is 5.44. The summed E-state index contributed by atoms with van der Waals surface area (Å²) in [6.07, 6.45) is 0. The molecular formula is C5H2BN5. The minimum absolute atomic E-state index is 0.0825. The monoisotopic (exact) mass is 143 g/mol. The Morgan fingerprint density at radius 1 is 1.45 bits per heavy atom. The average Bonchev–Trinajstić information content (AvgIpc) is 2.45. The van der Waals surface area contributed by atoms with Gasteiger partial charge in [0.2, 0.25) is 0 Å². The lowest BCUT2D eigenvalue weighted by molar-refractivity contribution is 1.09. The zero-order chi connectivity index (χ0) is 8.27. The molecule has 0 bridgehead atoms. The molecule has 1 heterocycles. The third-order valence-corrected chi connectivity index (χ3v) is 1.34. The maximum atomic E-state index is 8.50. The van der Waals surface area contributed by atoms with E-state index in [-0.39, 0.29) is 5.71 Å². The van der Waals surface area contributed by atoms with Crippen LogP contribution in [0.25, 0.3) is 0 Å². The van der Waals surface area contributed by atoms with E-state index in [9.17, 15) is 0 Å². The fourth-order valence-electron chi connectivity index (χ4n) is 0.775. The number of nitrogens with one attached hydrogen (secondary N) is 1. The normalized spacial score (nSPS) is 20.6. The largest absolute Gasteiger partial charge is 0.416 e. The molecule has 0 spiro atoms. The Kier molecular flexibility index (Phi) is 1.76. The predicted octanol–water partition coefficient (Wildman–Crippen LogP) is -0.583. The number of rotatable bonds is 0. The molecule has 0 aliphatic carbocycles. The SMILES string of the molecule is N#CB1NN=C(C#N)C1C#N. The second-order valence-corrected chi connectivity index (χ2v) is 1.95. The topological polar surface area (TPSA) is 95.8 Å². The third-order valence-electron chi connectivity index (χ3n) is 1.34. The highest BCUT2D eigenvalue weighted by Crippen LogP contribution is 2.13. The van der Waals surface area contributed by atoms with Gasteiger partial charge in [-0.2, -0.15) is 15.6 Å². The van der Waals surface area contributed by atoms with E-state index in [4.69, 9.17) is 15.8 Å². The molecule has 0 fully saturated rings. The lowest BCUT2D eigenvalue weighted by Gasteiger charge is -1.94. The first-order valence-corrected chi connectivity index (χ1v) is 2.86. The molecule has 1 N–H and O–H groups in total. The van der Waals surface area contributed by atoms with Gasteiger partial charge in [0, 0.05) is 5.97 Å². The van der Waals surface area contributed by atoms with Crippen molar-refractivity contribution in [3.63, 3.8) is 0 Å². The number of hydrazone groups is 1. The smallest absolute Gasteiger partial charge is 0.334 e. The van der Waals surface area contributed by atoms with Gasteiger partial charge in [-0.3, -0.25) is 0 Å². The van der Waals surface area contributed by atoms with Crippen LogP contribution in [0, 0.1) is 33.9 Å². The van der Waals surface area contributed by atoms with Gasteiger partial charge in [0.15, 0.2) is 0 Å². The highest BCUT2D eigenvalue weighted by atomic mass is 15.3. The first kappa shape index (κ1) is 7.12. The van der Waals surface area contributed by atoms with E-state index < -0.39 is 12.7 Å². The van der Waals surface area contributed by atoms with Gasteiger partial charge in [-0.1, -0.05) is 0 Å². The van der Waals surface area contributed by atoms with Crippen LogP contribution in [-0.2, 0) is 0 Å². The van der Waals surface area contributed by atoms with Crippen LogP contribution in [0.15, 0.2) is 5.10 Å². The molecule has 0 radical (unpaired) electrons. The summed E-state index contributed by atoms with van der Waals surface area (Å²) in [5.74, 6) is 1.11. The van der Waals surface area contributed by atoms with E-state index >= 15 is 0 Å². The number of hydrogen-bond acceptors (Lipinski definition) is 5. The van der Waals surface area contributed by atoms with Crippen molar-refractivity contribution < 1.29 is 0 Å². The summed E-state index contributed by atoms with van der Waals surface area (Å²) in [5.41, 5.74) is 0.0825. The molecule has 0 amide bonds. The van der Waals surface area contributed by atoms with Gasteiger partial charge in [0.05, 0.1) is 6.07 Å². The van der Waals surface area contributed by atoms with E-state index in [1.54, 1.807) is 6.07 Å². The summed E-state index contributed by atoms with van der Waals surface area (Å²) in [6.45, 7) is -0.672. The first-order chi connectivity index (χ1) is 5.33. The van der Waals surface area contributed by atoms with Crippen LogP contribution in [0.5, 0.6) is 0 Å². The molecule has 0 saturated carbocycles. The number of nitrogens with zero attached hydrogens (tertiary/aromatic N) is 4. The predicted molar refractivity (Wildman–Crippen MR) is 36.9 cm³/mol. The first-order valence-electron chi connectivity index (χ1n) is 2.86. The maximum Gasteiger partial charge on any atom is 0.416 e. The van der Waals surface area contributed by atoms with E-state index in [2.05, 4.69) is 10.4 Å². The summed E-state index contributed by atoms with van der Waals surface area (Å²) in [7, 11) is 0. The van der Waals surface area contributed by atoms with Crippen molar-refractivity contribution in [3.05, 3.63) is 0 Å². The molecule has 11 heavy (non-hydrogen) atoms. The Bertz CT molecular complexity index is 313. The lowest BCUT2D eigenvalue weighted by Crippen LogP contribution is -2.28. The van der Waals surface area contributed by atoms with Crippen molar-refractivity contribution >= 4 is 12.6 Å². The number of nitriles is 3. The van der Waals surface area contributed by atoms with Crippen LogP contribution in [-0.4, -0.2) is 12.6 Å². The van der Waals surface area contributed by atoms with Gasteiger partial charge in [-0.25, -0.2) is 5.26 Å². The molecule has 6 heteroatoms. The molecule has 0 aromatic heterocycles. The Morgan fingerprint density at radius 2 is 2.18 bits per heavy atom. The van der Waals surface area contributed by atoms with Crippen molar-refractivity contribution in [2.45, 2.75) is 5.82 Å². The van der Waals surface area contributed by atoms with Gasteiger partial charge in [-0.05, 0) is 0 Å². The van der Waals surface area contributed by atoms with E-state index in [1.165, 1.54) is 0 Å². The summed E-state index contributed by atoms with van der Waals surface area (Å²) in [4.78, 5) is 0. The van der Waals surface area contributed by atoms with Gasteiger partial charge < -0.3 is 5.34 Å². The van der Waals surface area contributed by atoms with Crippen LogP contribution in [0.1, 0.15) is 0 Å². The Balaban J connectivity index is 2.87. The minimum Gasteiger partial charge on any atom is -0.334 e. The van der Waals surface area contributed by atoms with Crippen LogP contribution >= 0.6 is 0 Å². The quantitative estimate of drug-likeness (QED) is 0.458. The average molecular weight is 143 g/mol. The second kappa shape index (κ2) is 2.73. The van der Waals surface area contributed by atoms with Crippen LogP contribution < -0.4 is 5.34 Å². The van der Waals surface area contributed by atoms with Crippen molar-refractivity contribution in [1.29, 1.82) is 15.8 Å². The standard InChI is InChI=1S/C5H2BN5/c7-1-4-5(2-8)10-11-6(4)3-9/h4,11H. The molecule has 1 atom stereocenters. The van der Waals surface area contributed by atoms with E-state index in [0.717, 1.165) is 0 Å². The molecule has 0 saturated heterocycles. The van der Waals surface area contributed by atoms with E-state index in [1.807, 2.05) is 12.0 Å². The van der Waals surface area contributed by atoms with Gasteiger partial charge in [0.25, 0.3) is 0 Å². The van der Waals surface area contributed by atoms with Gasteiger partial charge in [0.1, 0.15) is 17.6 Å². The van der Waals surface area contributed by atoms with Gasteiger partial charge >= 0.3 is 6.85 Å². The van der Waals surface area contributed by atoms with Crippen LogP contribution in [0.4, 0.5) is 0 Å². The highest BCUT2D eigenvalue weighted by molar-refractivity contribution is 6.72. The Hall–Kier alpha value is -2.00. The van der Waals surface area contributed by atoms with E-state index in [0.29, 0.717) is 0 Å². The fourth-order valence-corrected chi connectivity index (χ4v) is 0.775. The van der Waals surface area contributed by atoms with Crippen LogP contribution in [0.3, 0.4) is 0 Å². The molecule has 0 aromatic carbocycles. The zero-order valence-electron chi connectivity index (χ0n) is 5.44. The minimum atomic E-state index is -0.718. The summed E-state index contributed by atoms with van der Waals surface area (Å²) >= 11 is 0. The molecule has 1 unspecified atom stereocenters. The lowest BCUT2D eigenvalue weighted by atomic mass is 9.54. The van der Waals surface area contributed by atoms with Crippen molar-refractivity contribution in [1.82, 2.24) is 5.34 Å². The number of hydrogen-bond donors (Lipinski definition) is 1. The summed E-state index contributed by atoms with van der Waals surface area (Å²) in [6, 6.07) is 3.57. The summed E-state index contributed by atoms with van der Waals surface area (Å²) in [5, 5.41) is 31.2. The molecule has 50 valence electrons. The Labute approximate surface area is 63.6 Å². The van der Waals surface area contributed by atoms with Gasteiger partial charge in [-0.15, -0.1) is 0 Å². The third kappa shape index (κ3) is 0.998. The fraction of sp³-hybridized carbons (Fsp3) is 0.200. The molecular weight excluding hydrogens is 141 g/mol. The highest BCUT2D eigenvalue weighted by Gasteiger charge is 2.36. The molecule has 5 nitrogen and oxygen atoms in total. The van der Waals surface area contributed by atoms with Crippen molar-refractivity contribution in [3.8, 4) is 18.1 Å². The Morgan fingerprint density at radius 3 is 2.64 bits per heavy atom. The molecule has 1 aliphatic heterocycles. The maximum absolute atomic E-state index is 8.50. The van der Waals surface area contributed by atoms with Crippen molar-refractivity contribution in [2.24, 2.45) is 5.10 Å².